The van der Waals surface area contributed by atoms with Gasteiger partial charge in [-0.2, -0.15) is 0 Å². The molecule has 1 aliphatic rings. The zero-order valence-corrected chi connectivity index (χ0v) is 15.8. The summed E-state index contributed by atoms with van der Waals surface area (Å²) in [5, 5.41) is 11.5. The molecule has 0 N–H and O–H groups in total. The summed E-state index contributed by atoms with van der Waals surface area (Å²) >= 11 is 0. The molecule has 0 spiro atoms. The van der Waals surface area contributed by atoms with Crippen molar-refractivity contribution in [2.24, 2.45) is 0 Å². The van der Waals surface area contributed by atoms with E-state index in [1.54, 1.807) is 22.8 Å². The highest BCUT2D eigenvalue weighted by Gasteiger charge is 2.27. The van der Waals surface area contributed by atoms with Gasteiger partial charge in [0.1, 0.15) is 11.5 Å². The molecule has 1 heterocycles. The quantitative estimate of drug-likeness (QED) is 0.435. The Morgan fingerprint density at radius 2 is 1.83 bits per heavy atom. The van der Waals surface area contributed by atoms with Gasteiger partial charge in [-0.25, -0.2) is 9.18 Å². The van der Waals surface area contributed by atoms with Gasteiger partial charge < -0.3 is 14.5 Å². The lowest BCUT2D eigenvalue weighted by Gasteiger charge is -2.35. The van der Waals surface area contributed by atoms with Crippen molar-refractivity contribution < 1.29 is 23.6 Å². The molecule has 2 aromatic carbocycles. The number of ether oxygens (including phenoxy) is 1. The molecule has 9 heteroatoms. The zero-order valence-electron chi connectivity index (χ0n) is 15.8. The summed E-state index contributed by atoms with van der Waals surface area (Å²) in [6, 6.07) is 9.71. The van der Waals surface area contributed by atoms with Gasteiger partial charge in [-0.05, 0) is 37.3 Å². The van der Waals surface area contributed by atoms with Crippen LogP contribution in [0.5, 0.6) is 0 Å². The molecule has 152 valence electrons. The van der Waals surface area contributed by atoms with Crippen molar-refractivity contribution in [3.8, 4) is 0 Å². The largest absolute Gasteiger partial charge is 0.462 e. The molecule has 3 rings (SSSR count). The second-order valence-electron chi connectivity index (χ2n) is 6.47. The highest BCUT2D eigenvalue weighted by molar-refractivity contribution is 5.94. The van der Waals surface area contributed by atoms with Crippen molar-refractivity contribution >= 4 is 23.3 Å². The predicted molar refractivity (Wildman–Crippen MR) is 104 cm³/mol. The second-order valence-corrected chi connectivity index (χ2v) is 6.47. The van der Waals surface area contributed by atoms with Crippen LogP contribution >= 0.6 is 0 Å². The van der Waals surface area contributed by atoms with Gasteiger partial charge in [-0.15, -0.1) is 0 Å². The topological polar surface area (TPSA) is 93.0 Å². The van der Waals surface area contributed by atoms with E-state index >= 15 is 0 Å². The van der Waals surface area contributed by atoms with Crippen molar-refractivity contribution in [2.75, 3.05) is 37.7 Å². The van der Waals surface area contributed by atoms with Crippen LogP contribution in [-0.2, 0) is 4.74 Å². The molecule has 0 radical (unpaired) electrons. The van der Waals surface area contributed by atoms with Crippen LogP contribution in [0.25, 0.3) is 0 Å². The number of nitrogens with zero attached hydrogens (tertiary/aromatic N) is 3. The average Bonchev–Trinajstić information content (AvgIpc) is 2.73. The molecule has 0 bridgehead atoms. The van der Waals surface area contributed by atoms with E-state index in [-0.39, 0.29) is 29.3 Å². The first-order chi connectivity index (χ1) is 13.9. The van der Waals surface area contributed by atoms with E-state index < -0.39 is 16.7 Å². The summed E-state index contributed by atoms with van der Waals surface area (Å²) in [4.78, 5) is 38.7. The molecule has 2 aromatic rings. The van der Waals surface area contributed by atoms with E-state index in [4.69, 9.17) is 4.74 Å². The van der Waals surface area contributed by atoms with Crippen LogP contribution in [0, 0.1) is 15.9 Å². The number of anilines is 1. The third kappa shape index (κ3) is 4.50. The first-order valence-corrected chi connectivity index (χ1v) is 9.16. The van der Waals surface area contributed by atoms with Crippen LogP contribution in [-0.4, -0.2) is 54.5 Å². The average molecular weight is 401 g/mol. The van der Waals surface area contributed by atoms with Gasteiger partial charge in [0.15, 0.2) is 0 Å². The fraction of sp³-hybridized carbons (Fsp3) is 0.300. The van der Waals surface area contributed by atoms with E-state index in [1.807, 2.05) is 0 Å². The van der Waals surface area contributed by atoms with E-state index in [0.717, 1.165) is 0 Å². The maximum Gasteiger partial charge on any atom is 0.338 e. The second kappa shape index (κ2) is 8.68. The summed E-state index contributed by atoms with van der Waals surface area (Å²) in [6.45, 7) is 3.26. The maximum atomic E-state index is 13.4. The highest BCUT2D eigenvalue weighted by atomic mass is 19.1. The third-order valence-corrected chi connectivity index (χ3v) is 4.66. The first kappa shape index (κ1) is 20.2. The van der Waals surface area contributed by atoms with Gasteiger partial charge in [0.05, 0.1) is 17.1 Å². The molecule has 0 atom stereocenters. The van der Waals surface area contributed by atoms with Crippen molar-refractivity contribution in [1.82, 2.24) is 4.90 Å². The molecule has 29 heavy (non-hydrogen) atoms. The van der Waals surface area contributed by atoms with Gasteiger partial charge in [0, 0.05) is 37.8 Å². The summed E-state index contributed by atoms with van der Waals surface area (Å²) in [5.74, 6) is -1.38. The van der Waals surface area contributed by atoms with Gasteiger partial charge in [-0.1, -0.05) is 6.07 Å². The minimum absolute atomic E-state index is 0.113. The fourth-order valence-electron chi connectivity index (χ4n) is 3.23. The standard InChI is InChI=1S/C20H20FN3O5/c1-2-29-20(26)15-6-7-17(18(13-15)24(27)28)22-8-10-23(11-9-22)19(25)14-4-3-5-16(21)12-14/h3-7,12-13H,2,8-11H2,1H3. The molecular formula is C20H20FN3O5. The Kier molecular flexibility index (Phi) is 6.06. The molecule has 1 fully saturated rings. The number of benzene rings is 2. The van der Waals surface area contributed by atoms with Crippen LogP contribution < -0.4 is 4.90 Å². The minimum atomic E-state index is -0.618. The molecule has 0 aromatic heterocycles. The van der Waals surface area contributed by atoms with Crippen LogP contribution in [0.3, 0.4) is 0 Å². The van der Waals surface area contributed by atoms with Crippen molar-refractivity contribution in [1.29, 1.82) is 0 Å². The molecular weight excluding hydrogens is 381 g/mol. The number of amides is 1. The number of rotatable bonds is 5. The van der Waals surface area contributed by atoms with Gasteiger partial charge in [0.25, 0.3) is 11.6 Å². The number of hydrogen-bond acceptors (Lipinski definition) is 6. The van der Waals surface area contributed by atoms with Crippen LogP contribution in [0.2, 0.25) is 0 Å². The lowest BCUT2D eigenvalue weighted by atomic mass is 10.1. The molecule has 0 saturated carbocycles. The summed E-state index contributed by atoms with van der Waals surface area (Å²) in [5.41, 5.74) is 0.562. The Labute approximate surface area is 166 Å². The molecule has 0 aliphatic carbocycles. The SMILES string of the molecule is CCOC(=O)c1ccc(N2CCN(C(=O)c3cccc(F)c3)CC2)c([N+](=O)[O-])c1. The normalized spacial score (nSPS) is 13.9. The minimum Gasteiger partial charge on any atom is -0.462 e. The Morgan fingerprint density at radius 1 is 1.10 bits per heavy atom. The number of halogens is 1. The summed E-state index contributed by atoms with van der Waals surface area (Å²) in [6.07, 6.45) is 0. The van der Waals surface area contributed by atoms with Gasteiger partial charge in [0.2, 0.25) is 0 Å². The monoisotopic (exact) mass is 401 g/mol. The Bertz CT molecular complexity index is 941. The van der Waals surface area contributed by atoms with Crippen LogP contribution in [0.15, 0.2) is 42.5 Å². The summed E-state index contributed by atoms with van der Waals surface area (Å²) in [7, 11) is 0. The number of carbonyl (C=O) groups excluding carboxylic acids is 2. The highest BCUT2D eigenvalue weighted by Crippen LogP contribution is 2.30. The van der Waals surface area contributed by atoms with Crippen LogP contribution in [0.4, 0.5) is 15.8 Å². The third-order valence-electron chi connectivity index (χ3n) is 4.66. The molecule has 0 unspecified atom stereocenters. The maximum absolute atomic E-state index is 13.4. The Morgan fingerprint density at radius 3 is 2.45 bits per heavy atom. The number of hydrogen-bond donors (Lipinski definition) is 0. The lowest BCUT2D eigenvalue weighted by Crippen LogP contribution is -2.49. The zero-order chi connectivity index (χ0) is 21.0. The van der Waals surface area contributed by atoms with Crippen molar-refractivity contribution in [2.45, 2.75) is 6.92 Å². The lowest BCUT2D eigenvalue weighted by molar-refractivity contribution is -0.384. The number of piperazine rings is 1. The number of nitro groups is 1. The predicted octanol–water partition coefficient (Wildman–Crippen LogP) is 2.87. The number of nitro benzene ring substituents is 1. The number of carbonyl (C=O) groups is 2. The Balaban J connectivity index is 1.74. The van der Waals surface area contributed by atoms with E-state index in [9.17, 15) is 24.1 Å². The Hall–Kier alpha value is -3.49. The van der Waals surface area contributed by atoms with Gasteiger partial charge >= 0.3 is 5.97 Å². The number of esters is 1. The molecule has 1 saturated heterocycles. The van der Waals surface area contributed by atoms with Gasteiger partial charge in [-0.3, -0.25) is 14.9 Å². The van der Waals surface area contributed by atoms with E-state index in [0.29, 0.717) is 31.9 Å². The fourth-order valence-corrected chi connectivity index (χ4v) is 3.23. The van der Waals surface area contributed by atoms with Crippen LogP contribution in [0.1, 0.15) is 27.6 Å². The smallest absolute Gasteiger partial charge is 0.338 e. The van der Waals surface area contributed by atoms with E-state index in [2.05, 4.69) is 0 Å². The van der Waals surface area contributed by atoms with Crippen molar-refractivity contribution in [3.63, 3.8) is 0 Å². The van der Waals surface area contributed by atoms with Crippen molar-refractivity contribution in [3.05, 3.63) is 69.5 Å². The molecule has 8 nitrogen and oxygen atoms in total. The first-order valence-electron chi connectivity index (χ1n) is 9.16. The summed E-state index contributed by atoms with van der Waals surface area (Å²) < 4.78 is 18.3. The van der Waals surface area contributed by atoms with E-state index in [1.165, 1.54) is 36.4 Å². The molecule has 1 amide bonds. The molecule has 1 aliphatic heterocycles.